The largest absolute Gasteiger partial charge is 0.338 e. The summed E-state index contributed by atoms with van der Waals surface area (Å²) in [5.41, 5.74) is 0.162. The summed E-state index contributed by atoms with van der Waals surface area (Å²) >= 11 is 0. The minimum atomic E-state index is -0.840. The van der Waals surface area contributed by atoms with Crippen LogP contribution < -0.4 is 0 Å². The molecule has 0 bridgehead atoms. The van der Waals surface area contributed by atoms with Crippen molar-refractivity contribution >= 4 is 23.5 Å². The minimum absolute atomic E-state index is 0.131. The monoisotopic (exact) mass is 384 g/mol. The second kappa shape index (κ2) is 6.57. The Labute approximate surface area is 162 Å². The summed E-state index contributed by atoms with van der Waals surface area (Å²) in [6.07, 6.45) is 4.23. The van der Waals surface area contributed by atoms with Gasteiger partial charge < -0.3 is 9.80 Å². The highest BCUT2D eigenvalue weighted by Crippen LogP contribution is 2.37. The van der Waals surface area contributed by atoms with Crippen molar-refractivity contribution in [3.8, 4) is 0 Å². The summed E-state index contributed by atoms with van der Waals surface area (Å²) in [5.74, 6) is -0.0378. The van der Waals surface area contributed by atoms with E-state index in [9.17, 15) is 14.4 Å². The first kappa shape index (κ1) is 18.4. The third kappa shape index (κ3) is 2.64. The zero-order chi connectivity index (χ0) is 20.1. The third-order valence-electron chi connectivity index (χ3n) is 5.72. The quantitative estimate of drug-likeness (QED) is 0.743. The highest BCUT2D eigenvalue weighted by Gasteiger charge is 2.57. The van der Waals surface area contributed by atoms with Gasteiger partial charge in [-0.2, -0.15) is 0 Å². The normalized spacial score (nSPS) is 19.5. The van der Waals surface area contributed by atoms with Gasteiger partial charge in [0, 0.05) is 32.9 Å². The lowest BCUT2D eigenvalue weighted by Crippen LogP contribution is -2.58. The van der Waals surface area contributed by atoms with Crippen LogP contribution in [0.15, 0.2) is 24.7 Å². The molecule has 2 fully saturated rings. The number of carbonyl (C=O) groups is 3. The molecule has 0 atom stereocenters. The summed E-state index contributed by atoms with van der Waals surface area (Å²) < 4.78 is 1.71. The van der Waals surface area contributed by atoms with Gasteiger partial charge >= 0.3 is 6.03 Å². The summed E-state index contributed by atoms with van der Waals surface area (Å²) in [6.45, 7) is 5.41. The van der Waals surface area contributed by atoms with E-state index in [-0.39, 0.29) is 23.8 Å². The van der Waals surface area contributed by atoms with Crippen LogP contribution in [0, 0.1) is 5.92 Å². The van der Waals surface area contributed by atoms with E-state index in [1.165, 1.54) is 11.9 Å². The van der Waals surface area contributed by atoms with Gasteiger partial charge in [-0.05, 0) is 30.9 Å². The van der Waals surface area contributed by atoms with Crippen molar-refractivity contribution in [2.75, 3.05) is 26.7 Å². The molecule has 28 heavy (non-hydrogen) atoms. The molecule has 0 radical (unpaired) electrons. The van der Waals surface area contributed by atoms with Crippen LogP contribution >= 0.6 is 0 Å². The average molecular weight is 384 g/mol. The zero-order valence-corrected chi connectivity index (χ0v) is 16.3. The van der Waals surface area contributed by atoms with Crippen molar-refractivity contribution in [2.24, 2.45) is 5.92 Å². The maximum Gasteiger partial charge on any atom is 0.327 e. The van der Waals surface area contributed by atoms with Crippen LogP contribution in [0.3, 0.4) is 0 Å². The molecule has 2 saturated heterocycles. The van der Waals surface area contributed by atoms with E-state index in [4.69, 9.17) is 0 Å². The number of likely N-dealkylation sites (N-methyl/N-ethyl adjacent to an activating group) is 1. The Balaban J connectivity index is 1.56. The van der Waals surface area contributed by atoms with E-state index < -0.39 is 5.54 Å². The highest BCUT2D eigenvalue weighted by molar-refractivity contribution is 6.07. The van der Waals surface area contributed by atoms with Gasteiger partial charge in [0.15, 0.2) is 5.65 Å². The number of imide groups is 1. The Morgan fingerprint density at radius 3 is 2.64 bits per heavy atom. The van der Waals surface area contributed by atoms with E-state index in [0.29, 0.717) is 43.7 Å². The maximum absolute atomic E-state index is 13.1. The molecular formula is C19H24N6O3. The van der Waals surface area contributed by atoms with Gasteiger partial charge in [0.1, 0.15) is 11.9 Å². The predicted molar refractivity (Wildman–Crippen MR) is 101 cm³/mol. The number of hydrogen-bond donors (Lipinski definition) is 0. The number of fused-ring (bicyclic) bond motifs is 1. The molecule has 0 N–H and O–H groups in total. The van der Waals surface area contributed by atoms with Crippen LogP contribution in [-0.2, 0) is 4.79 Å². The Hall–Kier alpha value is -2.97. The van der Waals surface area contributed by atoms with E-state index in [1.807, 2.05) is 13.8 Å². The topological polar surface area (TPSA) is 91.1 Å². The fourth-order valence-corrected chi connectivity index (χ4v) is 4.25. The molecule has 9 nitrogen and oxygen atoms in total. The van der Waals surface area contributed by atoms with Crippen molar-refractivity contribution in [3.63, 3.8) is 0 Å². The van der Waals surface area contributed by atoms with Gasteiger partial charge in [0.2, 0.25) is 0 Å². The van der Waals surface area contributed by atoms with Crippen LogP contribution in [-0.4, -0.2) is 79.4 Å². The Morgan fingerprint density at radius 1 is 1.25 bits per heavy atom. The molecule has 0 saturated carbocycles. The van der Waals surface area contributed by atoms with Gasteiger partial charge in [-0.1, -0.05) is 13.8 Å². The molecule has 9 heteroatoms. The third-order valence-corrected chi connectivity index (χ3v) is 5.72. The van der Waals surface area contributed by atoms with Crippen LogP contribution in [0.5, 0.6) is 0 Å². The number of carbonyl (C=O) groups excluding carboxylic acids is 3. The predicted octanol–water partition coefficient (Wildman–Crippen LogP) is 1.25. The van der Waals surface area contributed by atoms with E-state index >= 15 is 0 Å². The molecule has 0 aromatic carbocycles. The maximum atomic E-state index is 13.1. The second-order valence-corrected chi connectivity index (χ2v) is 7.96. The van der Waals surface area contributed by atoms with Gasteiger partial charge in [0.25, 0.3) is 11.8 Å². The first-order chi connectivity index (χ1) is 13.3. The summed E-state index contributed by atoms with van der Waals surface area (Å²) in [7, 11) is 1.54. The van der Waals surface area contributed by atoms with Crippen molar-refractivity contribution < 1.29 is 14.4 Å². The van der Waals surface area contributed by atoms with E-state index in [0.717, 1.165) is 0 Å². The first-order valence-corrected chi connectivity index (χ1v) is 9.52. The second-order valence-electron chi connectivity index (χ2n) is 7.96. The lowest BCUT2D eigenvalue weighted by atomic mass is 9.85. The zero-order valence-electron chi connectivity index (χ0n) is 16.3. The molecule has 148 valence electrons. The lowest BCUT2D eigenvalue weighted by Gasteiger charge is -2.42. The van der Waals surface area contributed by atoms with Gasteiger partial charge in [-0.15, -0.1) is 10.2 Å². The molecular weight excluding hydrogens is 360 g/mol. The fraction of sp³-hybridized carbons (Fsp3) is 0.526. The van der Waals surface area contributed by atoms with Gasteiger partial charge in [-0.25, -0.2) is 4.79 Å². The number of rotatable bonds is 3. The number of aromatic nitrogens is 3. The molecule has 4 amide bonds. The molecule has 2 aliphatic heterocycles. The van der Waals surface area contributed by atoms with Crippen LogP contribution in [0.4, 0.5) is 4.79 Å². The van der Waals surface area contributed by atoms with Crippen LogP contribution in [0.1, 0.15) is 37.0 Å². The van der Waals surface area contributed by atoms with Crippen molar-refractivity contribution in [3.05, 3.63) is 30.2 Å². The summed E-state index contributed by atoms with van der Waals surface area (Å²) in [4.78, 5) is 43.2. The number of piperidine rings is 1. The molecule has 2 aromatic heterocycles. The van der Waals surface area contributed by atoms with Crippen molar-refractivity contribution in [1.82, 2.24) is 29.3 Å². The van der Waals surface area contributed by atoms with Gasteiger partial charge in [-0.3, -0.25) is 18.9 Å². The van der Waals surface area contributed by atoms with E-state index in [1.54, 1.807) is 38.9 Å². The lowest BCUT2D eigenvalue weighted by molar-refractivity contribution is -0.134. The number of amides is 4. The average Bonchev–Trinajstić information content (AvgIpc) is 3.23. The molecule has 2 aliphatic rings. The fourth-order valence-electron chi connectivity index (χ4n) is 4.25. The molecule has 4 rings (SSSR count). The first-order valence-electron chi connectivity index (χ1n) is 9.52. The van der Waals surface area contributed by atoms with Crippen LogP contribution in [0.25, 0.3) is 5.65 Å². The molecule has 0 unspecified atom stereocenters. The molecule has 4 heterocycles. The molecule has 1 spiro atoms. The van der Waals surface area contributed by atoms with Crippen LogP contribution in [0.2, 0.25) is 0 Å². The SMILES string of the molecule is CC(C)CN1C(=O)N(C)C(=O)C12CCN(C(=O)c1cccn3cnnc13)CC2. The highest BCUT2D eigenvalue weighted by atomic mass is 16.2. The minimum Gasteiger partial charge on any atom is -0.338 e. The number of likely N-dealkylation sites (tertiary alicyclic amines) is 1. The molecule has 0 aliphatic carbocycles. The van der Waals surface area contributed by atoms with Crippen molar-refractivity contribution in [1.29, 1.82) is 0 Å². The summed E-state index contributed by atoms with van der Waals surface area (Å²) in [5, 5.41) is 7.89. The Kier molecular flexibility index (Phi) is 4.32. The number of pyridine rings is 1. The van der Waals surface area contributed by atoms with E-state index in [2.05, 4.69) is 10.2 Å². The van der Waals surface area contributed by atoms with Crippen molar-refractivity contribution in [2.45, 2.75) is 32.2 Å². The van der Waals surface area contributed by atoms with Gasteiger partial charge in [0.05, 0.1) is 5.56 Å². The Morgan fingerprint density at radius 2 is 1.96 bits per heavy atom. The standard InChI is InChI=1S/C19H24N6O3/c1-13(2)11-25-18(28)22(3)17(27)19(25)6-9-23(10-7-19)16(26)14-5-4-8-24-12-20-21-15(14)24/h4-5,8,12-13H,6-7,9-11H2,1-3H3. The summed E-state index contributed by atoms with van der Waals surface area (Å²) in [6, 6.07) is 3.28. The number of nitrogens with zero attached hydrogens (tertiary/aromatic N) is 6. The number of hydrogen-bond acceptors (Lipinski definition) is 5. The number of urea groups is 1. The molecule has 2 aromatic rings. The Bertz CT molecular complexity index is 944. The smallest absolute Gasteiger partial charge is 0.327 e.